The number of anilines is 1. The van der Waals surface area contributed by atoms with Gasteiger partial charge in [0.25, 0.3) is 5.56 Å². The van der Waals surface area contributed by atoms with Gasteiger partial charge in [0, 0.05) is 38.4 Å². The summed E-state index contributed by atoms with van der Waals surface area (Å²) < 4.78 is 2.33. The Labute approximate surface area is 178 Å². The molecule has 1 amide bonds. The van der Waals surface area contributed by atoms with Gasteiger partial charge in [-0.1, -0.05) is 23.9 Å². The van der Waals surface area contributed by atoms with E-state index in [1.807, 2.05) is 23.3 Å². The Morgan fingerprint density at radius 3 is 2.72 bits per heavy atom. The van der Waals surface area contributed by atoms with Crippen LogP contribution < -0.4 is 10.5 Å². The summed E-state index contributed by atoms with van der Waals surface area (Å²) >= 11 is 2.77. The molecule has 0 aliphatic carbocycles. The first-order valence-electron chi connectivity index (χ1n) is 9.77. The SMILES string of the molecule is CCn1c(SCC(=O)N2CCN(c3cccc(C)c3)CC2)nc2ccsc2c1=O. The molecule has 0 saturated carbocycles. The van der Waals surface area contributed by atoms with Crippen molar-refractivity contribution in [2.75, 3.05) is 36.8 Å². The molecule has 1 aliphatic rings. The fourth-order valence-corrected chi connectivity index (χ4v) is 5.31. The molecule has 29 heavy (non-hydrogen) atoms. The van der Waals surface area contributed by atoms with Crippen LogP contribution in [0.25, 0.3) is 10.2 Å². The number of amides is 1. The Hall–Kier alpha value is -2.32. The number of piperazine rings is 1. The lowest BCUT2D eigenvalue weighted by Crippen LogP contribution is -2.49. The van der Waals surface area contributed by atoms with E-state index in [1.165, 1.54) is 34.3 Å². The maximum Gasteiger partial charge on any atom is 0.272 e. The van der Waals surface area contributed by atoms with Crippen LogP contribution in [0.2, 0.25) is 0 Å². The highest BCUT2D eigenvalue weighted by atomic mass is 32.2. The molecule has 0 atom stereocenters. The number of carbonyl (C=O) groups is 1. The highest BCUT2D eigenvalue weighted by Gasteiger charge is 2.22. The fourth-order valence-electron chi connectivity index (χ4n) is 3.57. The van der Waals surface area contributed by atoms with Gasteiger partial charge in [-0.25, -0.2) is 4.98 Å². The molecular weight excluding hydrogens is 404 g/mol. The van der Waals surface area contributed by atoms with Gasteiger partial charge in [-0.15, -0.1) is 11.3 Å². The highest BCUT2D eigenvalue weighted by molar-refractivity contribution is 7.99. The topological polar surface area (TPSA) is 58.4 Å². The molecule has 0 spiro atoms. The van der Waals surface area contributed by atoms with E-state index in [0.29, 0.717) is 40.8 Å². The number of nitrogens with zero attached hydrogens (tertiary/aromatic N) is 4. The first kappa shape index (κ1) is 20.0. The average Bonchev–Trinajstić information content (AvgIpc) is 3.21. The summed E-state index contributed by atoms with van der Waals surface area (Å²) in [5.41, 5.74) is 3.15. The van der Waals surface area contributed by atoms with Crippen molar-refractivity contribution in [3.8, 4) is 0 Å². The lowest BCUT2D eigenvalue weighted by molar-refractivity contribution is -0.128. The van der Waals surface area contributed by atoms with Gasteiger partial charge in [-0.3, -0.25) is 14.2 Å². The van der Waals surface area contributed by atoms with Gasteiger partial charge in [-0.2, -0.15) is 0 Å². The number of carbonyl (C=O) groups excluding carboxylic acids is 1. The minimum atomic E-state index is -0.0192. The first-order valence-corrected chi connectivity index (χ1v) is 11.6. The van der Waals surface area contributed by atoms with Crippen molar-refractivity contribution in [2.45, 2.75) is 25.5 Å². The van der Waals surface area contributed by atoms with Crippen molar-refractivity contribution >= 4 is 44.9 Å². The predicted molar refractivity (Wildman–Crippen MR) is 120 cm³/mol. The van der Waals surface area contributed by atoms with Crippen molar-refractivity contribution in [1.82, 2.24) is 14.5 Å². The third-order valence-electron chi connectivity index (χ3n) is 5.17. The number of hydrogen-bond donors (Lipinski definition) is 0. The van der Waals surface area contributed by atoms with Crippen molar-refractivity contribution in [3.63, 3.8) is 0 Å². The Morgan fingerprint density at radius 2 is 2.00 bits per heavy atom. The van der Waals surface area contributed by atoms with Crippen LogP contribution in [0, 0.1) is 6.92 Å². The number of thioether (sulfide) groups is 1. The molecule has 0 radical (unpaired) electrons. The summed E-state index contributed by atoms with van der Waals surface area (Å²) in [4.78, 5) is 34.2. The largest absolute Gasteiger partial charge is 0.368 e. The van der Waals surface area contributed by atoms with Crippen molar-refractivity contribution in [3.05, 3.63) is 51.6 Å². The lowest BCUT2D eigenvalue weighted by atomic mass is 10.2. The van der Waals surface area contributed by atoms with Gasteiger partial charge in [0.15, 0.2) is 5.16 Å². The smallest absolute Gasteiger partial charge is 0.272 e. The van der Waals surface area contributed by atoms with Gasteiger partial charge in [-0.05, 0) is 43.0 Å². The molecule has 0 N–H and O–H groups in total. The summed E-state index contributed by atoms with van der Waals surface area (Å²) in [6.07, 6.45) is 0. The van der Waals surface area contributed by atoms with Crippen molar-refractivity contribution < 1.29 is 4.79 Å². The van der Waals surface area contributed by atoms with Crippen LogP contribution in [0.5, 0.6) is 0 Å². The molecular formula is C21H24N4O2S2. The summed E-state index contributed by atoms with van der Waals surface area (Å²) in [6, 6.07) is 10.3. The predicted octanol–water partition coefficient (Wildman–Crippen LogP) is 3.23. The van der Waals surface area contributed by atoms with E-state index < -0.39 is 0 Å². The zero-order valence-corrected chi connectivity index (χ0v) is 18.3. The molecule has 1 fully saturated rings. The number of fused-ring (bicyclic) bond motifs is 1. The zero-order chi connectivity index (χ0) is 20.4. The number of aromatic nitrogens is 2. The molecule has 3 aromatic rings. The van der Waals surface area contributed by atoms with Crippen LogP contribution in [-0.4, -0.2) is 52.3 Å². The minimum Gasteiger partial charge on any atom is -0.368 e. The third kappa shape index (κ3) is 4.18. The number of rotatable bonds is 5. The monoisotopic (exact) mass is 428 g/mol. The van der Waals surface area contributed by atoms with Crippen LogP contribution in [-0.2, 0) is 11.3 Å². The number of benzene rings is 1. The maximum absolute atomic E-state index is 12.7. The Morgan fingerprint density at radius 1 is 1.21 bits per heavy atom. The van der Waals surface area contributed by atoms with E-state index in [1.54, 1.807) is 4.57 Å². The van der Waals surface area contributed by atoms with Gasteiger partial charge < -0.3 is 9.80 Å². The molecule has 152 valence electrons. The van der Waals surface area contributed by atoms with E-state index in [0.717, 1.165) is 13.1 Å². The van der Waals surface area contributed by atoms with Crippen molar-refractivity contribution in [2.24, 2.45) is 0 Å². The van der Waals surface area contributed by atoms with Crippen molar-refractivity contribution in [1.29, 1.82) is 0 Å². The molecule has 3 heterocycles. The lowest BCUT2D eigenvalue weighted by Gasteiger charge is -2.36. The molecule has 1 saturated heterocycles. The number of thiophene rings is 1. The summed E-state index contributed by atoms with van der Waals surface area (Å²) in [6.45, 7) is 7.66. The summed E-state index contributed by atoms with van der Waals surface area (Å²) in [5.74, 6) is 0.396. The molecule has 1 aromatic carbocycles. The Balaban J connectivity index is 1.38. The second-order valence-electron chi connectivity index (χ2n) is 7.07. The zero-order valence-electron chi connectivity index (χ0n) is 16.6. The van der Waals surface area contributed by atoms with E-state index in [2.05, 4.69) is 41.1 Å². The molecule has 1 aliphatic heterocycles. The van der Waals surface area contributed by atoms with Crippen LogP contribution >= 0.6 is 23.1 Å². The van der Waals surface area contributed by atoms with Gasteiger partial charge >= 0.3 is 0 Å². The van der Waals surface area contributed by atoms with Gasteiger partial charge in [0.2, 0.25) is 5.91 Å². The normalized spacial score (nSPS) is 14.6. The highest BCUT2D eigenvalue weighted by Crippen LogP contribution is 2.22. The molecule has 0 unspecified atom stereocenters. The molecule has 4 rings (SSSR count). The quantitative estimate of drug-likeness (QED) is 0.461. The molecule has 0 bridgehead atoms. The van der Waals surface area contributed by atoms with Gasteiger partial charge in [0.1, 0.15) is 4.70 Å². The number of aryl methyl sites for hydroxylation is 1. The molecule has 6 nitrogen and oxygen atoms in total. The van der Waals surface area contributed by atoms with E-state index >= 15 is 0 Å². The second-order valence-corrected chi connectivity index (χ2v) is 8.93. The van der Waals surface area contributed by atoms with Crippen LogP contribution in [0.1, 0.15) is 12.5 Å². The summed E-state index contributed by atoms with van der Waals surface area (Å²) in [5, 5.41) is 2.50. The molecule has 2 aromatic heterocycles. The van der Waals surface area contributed by atoms with Crippen LogP contribution in [0.15, 0.2) is 45.7 Å². The Kier molecular flexibility index (Phi) is 5.91. The third-order valence-corrected chi connectivity index (χ3v) is 7.02. The van der Waals surface area contributed by atoms with Crippen LogP contribution in [0.4, 0.5) is 5.69 Å². The second kappa shape index (κ2) is 8.59. The fraction of sp³-hybridized carbons (Fsp3) is 0.381. The van der Waals surface area contributed by atoms with Gasteiger partial charge in [0.05, 0.1) is 11.3 Å². The maximum atomic E-state index is 12.7. The Bertz CT molecular complexity index is 1080. The standard InChI is InChI=1S/C21H24N4O2S2/c1-3-25-20(27)19-17(7-12-28-19)22-21(25)29-14-18(26)24-10-8-23(9-11-24)16-6-4-5-15(2)13-16/h4-7,12-13H,3,8-11,14H2,1-2H3. The number of hydrogen-bond acceptors (Lipinski definition) is 6. The van der Waals surface area contributed by atoms with E-state index in [4.69, 9.17) is 0 Å². The average molecular weight is 429 g/mol. The summed E-state index contributed by atoms with van der Waals surface area (Å²) in [7, 11) is 0. The van der Waals surface area contributed by atoms with E-state index in [-0.39, 0.29) is 11.5 Å². The van der Waals surface area contributed by atoms with E-state index in [9.17, 15) is 9.59 Å². The molecule has 8 heteroatoms. The first-order chi connectivity index (χ1) is 14.1. The van der Waals surface area contributed by atoms with Crippen LogP contribution in [0.3, 0.4) is 0 Å². The minimum absolute atomic E-state index is 0.0192.